The normalized spacial score (nSPS) is 23.6. The first-order valence-electron chi connectivity index (χ1n) is 11.2. The summed E-state index contributed by atoms with van der Waals surface area (Å²) < 4.78 is 0. The largest absolute Gasteiger partial charge is 0.373 e. The Morgan fingerprint density at radius 1 is 1.11 bits per heavy atom. The third kappa shape index (κ3) is 4.17. The number of carbonyl (C=O) groups is 1. The molecule has 1 amide bonds. The lowest BCUT2D eigenvalue weighted by Crippen LogP contribution is -2.40. The molecule has 0 spiro atoms. The summed E-state index contributed by atoms with van der Waals surface area (Å²) in [5.41, 5.74) is 2.38. The number of fused-ring (bicyclic) bond motifs is 1. The molecular weight excluding hydrogens is 350 g/mol. The summed E-state index contributed by atoms with van der Waals surface area (Å²) in [5, 5.41) is 3.28. The number of carbonyl (C=O) groups excluding carboxylic acids is 1. The molecule has 6 nitrogen and oxygen atoms in total. The first-order chi connectivity index (χ1) is 13.7. The SMILES string of the molecule is CNc1nc([C@H]2CCCCN2C(=O)CCC2CCCC2)nc2c1CN(C)CC2. The van der Waals surface area contributed by atoms with Crippen molar-refractivity contribution in [3.8, 4) is 0 Å². The summed E-state index contributed by atoms with van der Waals surface area (Å²) in [5.74, 6) is 2.86. The molecule has 1 atom stereocenters. The highest BCUT2D eigenvalue weighted by atomic mass is 16.2. The zero-order chi connectivity index (χ0) is 19.5. The van der Waals surface area contributed by atoms with E-state index in [0.717, 1.165) is 75.0 Å². The Balaban J connectivity index is 1.53. The van der Waals surface area contributed by atoms with Crippen LogP contribution in [0.25, 0.3) is 0 Å². The van der Waals surface area contributed by atoms with Gasteiger partial charge in [0.1, 0.15) is 5.82 Å². The van der Waals surface area contributed by atoms with E-state index in [4.69, 9.17) is 9.97 Å². The summed E-state index contributed by atoms with van der Waals surface area (Å²) in [6.07, 6.45) is 11.2. The summed E-state index contributed by atoms with van der Waals surface area (Å²) in [7, 11) is 4.08. The Kier molecular flexibility index (Phi) is 6.14. The van der Waals surface area contributed by atoms with Gasteiger partial charge in [-0.05, 0) is 38.6 Å². The molecular formula is C22H35N5O. The highest BCUT2D eigenvalue weighted by Crippen LogP contribution is 2.34. The molecule has 1 saturated carbocycles. The molecule has 0 radical (unpaired) electrons. The molecule has 4 rings (SSSR count). The van der Waals surface area contributed by atoms with Gasteiger partial charge < -0.3 is 15.1 Å². The van der Waals surface area contributed by atoms with Gasteiger partial charge in [-0.1, -0.05) is 25.7 Å². The maximum atomic E-state index is 13.1. The lowest BCUT2D eigenvalue weighted by molar-refractivity contribution is -0.135. The van der Waals surface area contributed by atoms with Crippen molar-refractivity contribution in [3.63, 3.8) is 0 Å². The van der Waals surface area contributed by atoms with Gasteiger partial charge in [-0.15, -0.1) is 0 Å². The van der Waals surface area contributed by atoms with Crippen LogP contribution in [-0.2, 0) is 17.8 Å². The van der Waals surface area contributed by atoms with Crippen molar-refractivity contribution in [1.29, 1.82) is 0 Å². The topological polar surface area (TPSA) is 61.4 Å². The average Bonchev–Trinajstić information content (AvgIpc) is 3.25. The van der Waals surface area contributed by atoms with Crippen LogP contribution in [0.2, 0.25) is 0 Å². The fourth-order valence-corrected chi connectivity index (χ4v) is 5.19. The van der Waals surface area contributed by atoms with E-state index in [9.17, 15) is 4.79 Å². The molecule has 0 aromatic carbocycles. The standard InChI is InChI=1S/C22H35N5O/c1-23-21-17-15-26(2)14-12-18(17)24-22(25-21)19-9-5-6-13-27(19)20(28)11-10-16-7-3-4-8-16/h16,19H,3-15H2,1-2H3,(H,23,24,25)/t19-/m1/s1. The van der Waals surface area contributed by atoms with E-state index in [1.54, 1.807) is 0 Å². The van der Waals surface area contributed by atoms with Crippen molar-refractivity contribution in [2.75, 3.05) is 32.5 Å². The van der Waals surface area contributed by atoms with Crippen molar-refractivity contribution < 1.29 is 4.79 Å². The van der Waals surface area contributed by atoms with Gasteiger partial charge in [-0.25, -0.2) is 9.97 Å². The van der Waals surface area contributed by atoms with E-state index in [1.807, 2.05) is 7.05 Å². The zero-order valence-electron chi connectivity index (χ0n) is 17.5. The van der Waals surface area contributed by atoms with Gasteiger partial charge in [0, 0.05) is 45.1 Å². The van der Waals surface area contributed by atoms with E-state index >= 15 is 0 Å². The fourth-order valence-electron chi connectivity index (χ4n) is 5.19. The van der Waals surface area contributed by atoms with Crippen LogP contribution in [0.15, 0.2) is 0 Å². The summed E-state index contributed by atoms with van der Waals surface area (Å²) >= 11 is 0. The molecule has 3 heterocycles. The van der Waals surface area contributed by atoms with Gasteiger partial charge in [0.05, 0.1) is 11.7 Å². The molecule has 28 heavy (non-hydrogen) atoms. The van der Waals surface area contributed by atoms with Crippen molar-refractivity contribution in [2.45, 2.75) is 76.8 Å². The Morgan fingerprint density at radius 2 is 1.89 bits per heavy atom. The minimum atomic E-state index is 0.0434. The number of anilines is 1. The number of hydrogen-bond acceptors (Lipinski definition) is 5. The molecule has 154 valence electrons. The highest BCUT2D eigenvalue weighted by molar-refractivity contribution is 5.76. The number of likely N-dealkylation sites (N-methyl/N-ethyl adjacent to an activating group) is 1. The smallest absolute Gasteiger partial charge is 0.223 e. The quantitative estimate of drug-likeness (QED) is 0.840. The molecule has 0 unspecified atom stereocenters. The number of piperidine rings is 1. The predicted molar refractivity (Wildman–Crippen MR) is 111 cm³/mol. The number of nitrogens with zero attached hydrogens (tertiary/aromatic N) is 4. The molecule has 1 aromatic heterocycles. The lowest BCUT2D eigenvalue weighted by atomic mass is 9.97. The van der Waals surface area contributed by atoms with Gasteiger partial charge in [-0.3, -0.25) is 4.79 Å². The van der Waals surface area contributed by atoms with Crippen LogP contribution >= 0.6 is 0 Å². The second-order valence-electron chi connectivity index (χ2n) is 8.88. The Labute approximate surface area is 169 Å². The van der Waals surface area contributed by atoms with Crippen LogP contribution in [0.5, 0.6) is 0 Å². The molecule has 1 aromatic rings. The van der Waals surface area contributed by atoms with Crippen LogP contribution in [0, 0.1) is 5.92 Å². The van der Waals surface area contributed by atoms with Crippen molar-refractivity contribution in [3.05, 3.63) is 17.1 Å². The van der Waals surface area contributed by atoms with Crippen molar-refractivity contribution >= 4 is 11.7 Å². The van der Waals surface area contributed by atoms with Gasteiger partial charge in [0.15, 0.2) is 5.82 Å². The Bertz CT molecular complexity index is 683. The van der Waals surface area contributed by atoms with Crippen LogP contribution in [0.3, 0.4) is 0 Å². The van der Waals surface area contributed by atoms with Gasteiger partial charge in [0.2, 0.25) is 5.91 Å². The predicted octanol–water partition coefficient (Wildman–Crippen LogP) is 3.53. The number of rotatable bonds is 5. The van der Waals surface area contributed by atoms with Crippen LogP contribution in [0.1, 0.15) is 80.9 Å². The zero-order valence-corrected chi connectivity index (χ0v) is 17.5. The van der Waals surface area contributed by atoms with E-state index in [-0.39, 0.29) is 6.04 Å². The monoisotopic (exact) mass is 385 g/mol. The number of likely N-dealkylation sites (tertiary alicyclic amines) is 1. The van der Waals surface area contributed by atoms with Gasteiger partial charge in [0.25, 0.3) is 0 Å². The fraction of sp³-hybridized carbons (Fsp3) is 0.773. The van der Waals surface area contributed by atoms with Gasteiger partial charge >= 0.3 is 0 Å². The molecule has 6 heteroatoms. The minimum absolute atomic E-state index is 0.0434. The van der Waals surface area contributed by atoms with E-state index in [1.165, 1.54) is 31.2 Å². The molecule has 1 N–H and O–H groups in total. The van der Waals surface area contributed by atoms with Crippen LogP contribution < -0.4 is 5.32 Å². The van der Waals surface area contributed by atoms with Crippen molar-refractivity contribution in [2.24, 2.45) is 5.92 Å². The lowest BCUT2D eigenvalue weighted by Gasteiger charge is -2.36. The number of nitrogens with one attached hydrogen (secondary N) is 1. The summed E-state index contributed by atoms with van der Waals surface area (Å²) in [6.45, 7) is 2.77. The number of hydrogen-bond donors (Lipinski definition) is 1. The van der Waals surface area contributed by atoms with E-state index in [2.05, 4.69) is 22.2 Å². The minimum Gasteiger partial charge on any atom is -0.373 e. The number of aromatic nitrogens is 2. The van der Waals surface area contributed by atoms with Gasteiger partial charge in [-0.2, -0.15) is 0 Å². The molecule has 1 aliphatic carbocycles. The third-order valence-electron chi connectivity index (χ3n) is 6.87. The molecule has 2 fully saturated rings. The average molecular weight is 386 g/mol. The Morgan fingerprint density at radius 3 is 2.68 bits per heavy atom. The maximum Gasteiger partial charge on any atom is 0.223 e. The molecule has 2 aliphatic heterocycles. The highest BCUT2D eigenvalue weighted by Gasteiger charge is 2.32. The third-order valence-corrected chi connectivity index (χ3v) is 6.87. The van der Waals surface area contributed by atoms with E-state index in [0.29, 0.717) is 12.3 Å². The number of amides is 1. The Hall–Kier alpha value is -1.69. The van der Waals surface area contributed by atoms with E-state index < -0.39 is 0 Å². The first-order valence-corrected chi connectivity index (χ1v) is 11.2. The molecule has 3 aliphatic rings. The van der Waals surface area contributed by atoms with Crippen LogP contribution in [0.4, 0.5) is 5.82 Å². The second-order valence-corrected chi connectivity index (χ2v) is 8.88. The maximum absolute atomic E-state index is 13.1. The molecule has 1 saturated heterocycles. The van der Waals surface area contributed by atoms with Crippen molar-refractivity contribution in [1.82, 2.24) is 19.8 Å². The summed E-state index contributed by atoms with van der Waals surface area (Å²) in [4.78, 5) is 27.3. The second kappa shape index (κ2) is 8.76. The summed E-state index contributed by atoms with van der Waals surface area (Å²) in [6, 6.07) is 0.0434. The van der Waals surface area contributed by atoms with Crippen LogP contribution in [-0.4, -0.2) is 52.9 Å². The molecule has 0 bridgehead atoms. The first kappa shape index (κ1) is 19.6.